The van der Waals surface area contributed by atoms with Crippen molar-refractivity contribution in [1.29, 1.82) is 0 Å². The first-order chi connectivity index (χ1) is 8.40. The first-order valence-corrected chi connectivity index (χ1v) is 6.68. The lowest BCUT2D eigenvalue weighted by molar-refractivity contribution is 0.344. The van der Waals surface area contributed by atoms with Gasteiger partial charge in [0.2, 0.25) is 0 Å². The Balaban J connectivity index is 2.81. The van der Waals surface area contributed by atoms with Crippen LogP contribution in [0.4, 0.5) is 4.39 Å². The average molecular weight is 269 g/mol. The normalized spacial score (nSPS) is 12.3. The summed E-state index contributed by atoms with van der Waals surface area (Å²) in [7, 11) is 0. The fourth-order valence-electron chi connectivity index (χ4n) is 2.18. The summed E-state index contributed by atoms with van der Waals surface area (Å²) in [6.45, 7) is 8.18. The summed E-state index contributed by atoms with van der Waals surface area (Å²) in [4.78, 5) is 4.44. The highest BCUT2D eigenvalue weighted by Crippen LogP contribution is 2.30. The SMILES string of the molecule is CCC(C)(C)n1c(CCl)nc2cc(F)c(C)cc21. The number of aromatic nitrogens is 2. The Kier molecular flexibility index (Phi) is 3.37. The lowest BCUT2D eigenvalue weighted by atomic mass is 10.0. The number of halogens is 2. The van der Waals surface area contributed by atoms with Gasteiger partial charge < -0.3 is 4.57 Å². The molecule has 0 spiro atoms. The molecule has 18 heavy (non-hydrogen) atoms. The Hall–Kier alpha value is -1.09. The van der Waals surface area contributed by atoms with E-state index in [4.69, 9.17) is 11.6 Å². The van der Waals surface area contributed by atoms with Crippen molar-refractivity contribution in [2.75, 3.05) is 0 Å². The minimum atomic E-state index is -0.220. The van der Waals surface area contributed by atoms with Crippen LogP contribution < -0.4 is 0 Å². The maximum absolute atomic E-state index is 13.6. The van der Waals surface area contributed by atoms with Crippen LogP contribution in [0.25, 0.3) is 11.0 Å². The average Bonchev–Trinajstić information content (AvgIpc) is 2.68. The largest absolute Gasteiger partial charge is 0.321 e. The van der Waals surface area contributed by atoms with Crippen LogP contribution in [0.5, 0.6) is 0 Å². The minimum absolute atomic E-state index is 0.0801. The number of rotatable bonds is 3. The standard InChI is InChI=1S/C14H18ClFN2/c1-5-14(3,4)18-12-6-9(2)10(16)7-11(12)17-13(18)8-15/h6-7H,5,8H2,1-4H3. The highest BCUT2D eigenvalue weighted by Gasteiger charge is 2.24. The molecule has 0 aliphatic carbocycles. The van der Waals surface area contributed by atoms with E-state index in [2.05, 4.69) is 30.3 Å². The Morgan fingerprint density at radius 1 is 1.39 bits per heavy atom. The third-order valence-corrected chi connectivity index (χ3v) is 3.83. The lowest BCUT2D eigenvalue weighted by Crippen LogP contribution is -2.26. The monoisotopic (exact) mass is 268 g/mol. The third kappa shape index (κ3) is 2.01. The molecule has 0 atom stereocenters. The van der Waals surface area contributed by atoms with Gasteiger partial charge in [-0.05, 0) is 38.8 Å². The van der Waals surface area contributed by atoms with Gasteiger partial charge >= 0.3 is 0 Å². The molecule has 0 N–H and O–H groups in total. The molecule has 2 nitrogen and oxygen atoms in total. The Labute approximate surface area is 112 Å². The predicted molar refractivity (Wildman–Crippen MR) is 73.6 cm³/mol. The number of hydrogen-bond donors (Lipinski definition) is 0. The molecule has 1 heterocycles. The zero-order chi connectivity index (χ0) is 13.5. The van der Waals surface area contributed by atoms with E-state index in [1.165, 1.54) is 6.07 Å². The molecule has 98 valence electrons. The van der Waals surface area contributed by atoms with Crippen LogP contribution in [0.3, 0.4) is 0 Å². The second kappa shape index (κ2) is 4.54. The summed E-state index contributed by atoms with van der Waals surface area (Å²) < 4.78 is 15.7. The van der Waals surface area contributed by atoms with Crippen LogP contribution in [0, 0.1) is 12.7 Å². The van der Waals surface area contributed by atoms with Crippen molar-refractivity contribution in [1.82, 2.24) is 9.55 Å². The van der Waals surface area contributed by atoms with Crippen LogP contribution in [0.15, 0.2) is 12.1 Å². The van der Waals surface area contributed by atoms with Gasteiger partial charge in [-0.1, -0.05) is 6.92 Å². The number of benzene rings is 1. The van der Waals surface area contributed by atoms with E-state index in [1.54, 1.807) is 6.92 Å². The van der Waals surface area contributed by atoms with Crippen LogP contribution >= 0.6 is 11.6 Å². The second-order valence-electron chi connectivity index (χ2n) is 5.25. The number of aryl methyl sites for hydroxylation is 1. The Morgan fingerprint density at radius 3 is 2.61 bits per heavy atom. The van der Waals surface area contributed by atoms with E-state index in [0.717, 1.165) is 17.8 Å². The van der Waals surface area contributed by atoms with Gasteiger partial charge in [0.05, 0.1) is 16.9 Å². The molecule has 4 heteroatoms. The molecular formula is C14H18ClFN2. The quantitative estimate of drug-likeness (QED) is 0.756. The molecule has 2 aromatic rings. The molecule has 0 unspecified atom stereocenters. The molecule has 0 aliphatic heterocycles. The number of hydrogen-bond acceptors (Lipinski definition) is 1. The highest BCUT2D eigenvalue weighted by molar-refractivity contribution is 6.16. The van der Waals surface area contributed by atoms with Crippen molar-refractivity contribution in [3.05, 3.63) is 29.3 Å². The minimum Gasteiger partial charge on any atom is -0.321 e. The summed E-state index contributed by atoms with van der Waals surface area (Å²) >= 11 is 5.97. The van der Waals surface area contributed by atoms with Gasteiger partial charge in [0.15, 0.2) is 0 Å². The molecule has 0 radical (unpaired) electrons. The van der Waals surface area contributed by atoms with Gasteiger partial charge in [-0.3, -0.25) is 0 Å². The zero-order valence-electron chi connectivity index (χ0n) is 11.2. The summed E-state index contributed by atoms with van der Waals surface area (Å²) in [5.41, 5.74) is 2.19. The van der Waals surface area contributed by atoms with Crippen LogP contribution in [-0.2, 0) is 11.4 Å². The van der Waals surface area contributed by atoms with Gasteiger partial charge in [0.25, 0.3) is 0 Å². The van der Waals surface area contributed by atoms with E-state index < -0.39 is 0 Å². The summed E-state index contributed by atoms with van der Waals surface area (Å²) in [6, 6.07) is 3.34. The maximum atomic E-state index is 13.6. The third-order valence-electron chi connectivity index (χ3n) is 3.59. The Morgan fingerprint density at radius 2 is 2.06 bits per heavy atom. The lowest BCUT2D eigenvalue weighted by Gasteiger charge is -2.27. The second-order valence-corrected chi connectivity index (χ2v) is 5.52. The summed E-state index contributed by atoms with van der Waals surface area (Å²) in [5, 5.41) is 0. The van der Waals surface area contributed by atoms with Gasteiger partial charge in [-0.25, -0.2) is 9.37 Å². The van der Waals surface area contributed by atoms with Crippen molar-refractivity contribution < 1.29 is 4.39 Å². The summed E-state index contributed by atoms with van der Waals surface area (Å²) in [6.07, 6.45) is 0.957. The molecule has 0 amide bonds. The van der Waals surface area contributed by atoms with Crippen molar-refractivity contribution in [2.24, 2.45) is 0 Å². The fourth-order valence-corrected chi connectivity index (χ4v) is 2.35. The highest BCUT2D eigenvalue weighted by atomic mass is 35.5. The van der Waals surface area contributed by atoms with Crippen LogP contribution in [0.1, 0.15) is 38.6 Å². The molecule has 0 bridgehead atoms. The molecule has 2 rings (SSSR count). The van der Waals surface area contributed by atoms with Gasteiger partial charge in [-0.2, -0.15) is 0 Å². The van der Waals surface area contributed by atoms with Crippen LogP contribution in [0.2, 0.25) is 0 Å². The molecule has 0 saturated carbocycles. The van der Waals surface area contributed by atoms with Crippen molar-refractivity contribution in [3.63, 3.8) is 0 Å². The number of alkyl halides is 1. The molecule has 1 aromatic carbocycles. The van der Waals surface area contributed by atoms with E-state index in [1.807, 2.05) is 6.07 Å². The fraction of sp³-hybridized carbons (Fsp3) is 0.500. The molecular weight excluding hydrogens is 251 g/mol. The predicted octanol–water partition coefficient (Wildman–Crippen LogP) is 4.37. The number of fused-ring (bicyclic) bond motifs is 1. The molecule has 0 fully saturated rings. The van der Waals surface area contributed by atoms with Gasteiger partial charge in [0, 0.05) is 11.6 Å². The Bertz CT molecular complexity index is 587. The molecule has 1 aromatic heterocycles. The van der Waals surface area contributed by atoms with Crippen molar-refractivity contribution in [2.45, 2.75) is 45.5 Å². The van der Waals surface area contributed by atoms with E-state index in [0.29, 0.717) is 17.0 Å². The van der Waals surface area contributed by atoms with E-state index >= 15 is 0 Å². The van der Waals surface area contributed by atoms with E-state index in [9.17, 15) is 4.39 Å². The number of imidazole rings is 1. The van der Waals surface area contributed by atoms with Gasteiger partial charge in [0.1, 0.15) is 11.6 Å². The molecule has 0 aliphatic rings. The smallest absolute Gasteiger partial charge is 0.128 e. The first kappa shape index (κ1) is 13.3. The molecule has 0 saturated heterocycles. The first-order valence-electron chi connectivity index (χ1n) is 6.14. The van der Waals surface area contributed by atoms with Crippen molar-refractivity contribution >= 4 is 22.6 Å². The van der Waals surface area contributed by atoms with Gasteiger partial charge in [-0.15, -0.1) is 11.6 Å². The topological polar surface area (TPSA) is 17.8 Å². The number of nitrogens with zero attached hydrogens (tertiary/aromatic N) is 2. The maximum Gasteiger partial charge on any atom is 0.128 e. The zero-order valence-corrected chi connectivity index (χ0v) is 12.0. The van der Waals surface area contributed by atoms with E-state index in [-0.39, 0.29) is 11.4 Å². The van der Waals surface area contributed by atoms with Crippen molar-refractivity contribution in [3.8, 4) is 0 Å². The summed E-state index contributed by atoms with van der Waals surface area (Å²) in [5.74, 6) is 0.907. The van der Waals surface area contributed by atoms with Crippen LogP contribution in [-0.4, -0.2) is 9.55 Å².